The average Bonchev–Trinajstić information content (AvgIpc) is 2.60. The van der Waals surface area contributed by atoms with Crippen molar-refractivity contribution in [3.8, 4) is 0 Å². The van der Waals surface area contributed by atoms with E-state index < -0.39 is 10.0 Å². The van der Waals surface area contributed by atoms with Crippen molar-refractivity contribution in [2.24, 2.45) is 0 Å². The number of thioether (sulfide) groups is 1. The van der Waals surface area contributed by atoms with Crippen LogP contribution in [0.1, 0.15) is 33.5 Å². The minimum atomic E-state index is -3.28. The second kappa shape index (κ2) is 7.45. The number of carbonyl (C=O) groups is 1. The number of Topliss-reactive ketones (excluding diaryl/α,β-unsaturated/α-hetero) is 1. The Balaban J connectivity index is 1.78. The molecule has 0 saturated heterocycles. The SMILES string of the molecule is Cc1ccc(C)c(SCC(=O)c2ccc3c(c2)CCCN3S(C)(=O)=O)c1. The number of sulfonamides is 1. The summed E-state index contributed by atoms with van der Waals surface area (Å²) in [7, 11) is -3.28. The van der Waals surface area contributed by atoms with Gasteiger partial charge < -0.3 is 0 Å². The molecule has 0 aliphatic carbocycles. The van der Waals surface area contributed by atoms with Gasteiger partial charge in [-0.25, -0.2) is 8.42 Å². The third-order valence-electron chi connectivity index (χ3n) is 4.58. The lowest BCUT2D eigenvalue weighted by Crippen LogP contribution is -2.34. The van der Waals surface area contributed by atoms with Crippen LogP contribution in [0.3, 0.4) is 0 Å². The molecular formula is C20H23NO3S2. The molecule has 0 saturated carbocycles. The van der Waals surface area contributed by atoms with Crippen LogP contribution in [0.15, 0.2) is 41.3 Å². The molecule has 2 aromatic carbocycles. The smallest absolute Gasteiger partial charge is 0.232 e. The summed E-state index contributed by atoms with van der Waals surface area (Å²) in [6, 6.07) is 11.6. The highest BCUT2D eigenvalue weighted by Crippen LogP contribution is 2.31. The number of rotatable bonds is 5. The van der Waals surface area contributed by atoms with Crippen LogP contribution >= 0.6 is 11.8 Å². The number of carbonyl (C=O) groups excluding carboxylic acids is 1. The maximum Gasteiger partial charge on any atom is 0.232 e. The van der Waals surface area contributed by atoms with Gasteiger partial charge in [0.25, 0.3) is 0 Å². The van der Waals surface area contributed by atoms with E-state index in [4.69, 9.17) is 0 Å². The maximum absolute atomic E-state index is 12.6. The van der Waals surface area contributed by atoms with Crippen LogP contribution in [0.2, 0.25) is 0 Å². The minimum Gasteiger partial charge on any atom is -0.293 e. The van der Waals surface area contributed by atoms with Crippen molar-refractivity contribution < 1.29 is 13.2 Å². The highest BCUT2D eigenvalue weighted by atomic mass is 32.2. The fraction of sp³-hybridized carbons (Fsp3) is 0.350. The van der Waals surface area contributed by atoms with E-state index in [0.29, 0.717) is 23.5 Å². The Kier molecular flexibility index (Phi) is 5.44. The zero-order valence-corrected chi connectivity index (χ0v) is 16.9. The molecule has 1 aliphatic rings. The van der Waals surface area contributed by atoms with Gasteiger partial charge in [-0.15, -0.1) is 11.8 Å². The molecule has 0 aromatic heterocycles. The predicted octanol–water partition coefficient (Wildman–Crippen LogP) is 3.99. The predicted molar refractivity (Wildman–Crippen MR) is 108 cm³/mol. The zero-order valence-electron chi connectivity index (χ0n) is 15.3. The molecule has 0 atom stereocenters. The summed E-state index contributed by atoms with van der Waals surface area (Å²) in [6.45, 7) is 4.59. The maximum atomic E-state index is 12.6. The second-order valence-electron chi connectivity index (χ2n) is 6.76. The number of hydrogen-bond acceptors (Lipinski definition) is 4. The van der Waals surface area contributed by atoms with E-state index in [1.54, 1.807) is 23.9 Å². The molecule has 0 bridgehead atoms. The van der Waals surface area contributed by atoms with Crippen LogP contribution in [0.25, 0.3) is 0 Å². The number of anilines is 1. The number of nitrogens with zero attached hydrogens (tertiary/aromatic N) is 1. The number of aryl methyl sites for hydroxylation is 3. The quantitative estimate of drug-likeness (QED) is 0.573. The Labute approximate surface area is 159 Å². The fourth-order valence-corrected chi connectivity index (χ4v) is 5.18. The van der Waals surface area contributed by atoms with E-state index in [1.807, 2.05) is 19.9 Å². The van der Waals surface area contributed by atoms with Crippen LogP contribution in [0.4, 0.5) is 5.69 Å². The molecule has 0 radical (unpaired) electrons. The Hall–Kier alpha value is -1.79. The van der Waals surface area contributed by atoms with Gasteiger partial charge in [0.05, 0.1) is 17.7 Å². The monoisotopic (exact) mass is 389 g/mol. The van der Waals surface area contributed by atoms with Crippen molar-refractivity contribution >= 4 is 33.3 Å². The third-order valence-corrected chi connectivity index (χ3v) is 6.92. The summed E-state index contributed by atoms with van der Waals surface area (Å²) >= 11 is 1.55. The van der Waals surface area contributed by atoms with Crippen LogP contribution in [-0.2, 0) is 16.4 Å². The third kappa shape index (κ3) is 4.13. The zero-order chi connectivity index (χ0) is 18.9. The molecule has 1 aliphatic heterocycles. The van der Waals surface area contributed by atoms with Crippen molar-refractivity contribution in [3.05, 3.63) is 58.7 Å². The molecule has 3 rings (SSSR count). The highest BCUT2D eigenvalue weighted by molar-refractivity contribution is 8.00. The second-order valence-corrected chi connectivity index (χ2v) is 9.69. The van der Waals surface area contributed by atoms with Crippen LogP contribution in [0, 0.1) is 13.8 Å². The Bertz CT molecular complexity index is 952. The summed E-state index contributed by atoms with van der Waals surface area (Å²) < 4.78 is 25.3. The molecule has 1 heterocycles. The van der Waals surface area contributed by atoms with Gasteiger partial charge >= 0.3 is 0 Å². The van der Waals surface area contributed by atoms with Crippen molar-refractivity contribution in [1.29, 1.82) is 0 Å². The van der Waals surface area contributed by atoms with Crippen molar-refractivity contribution in [2.75, 3.05) is 22.9 Å². The van der Waals surface area contributed by atoms with E-state index in [-0.39, 0.29) is 5.78 Å². The molecular weight excluding hydrogens is 366 g/mol. The lowest BCUT2D eigenvalue weighted by molar-refractivity contribution is 0.102. The Morgan fingerprint density at radius 2 is 1.92 bits per heavy atom. The van der Waals surface area contributed by atoms with Gasteiger partial charge in [0.15, 0.2) is 5.78 Å². The lowest BCUT2D eigenvalue weighted by atomic mass is 9.99. The molecule has 0 spiro atoms. The molecule has 138 valence electrons. The lowest BCUT2D eigenvalue weighted by Gasteiger charge is -2.29. The van der Waals surface area contributed by atoms with Gasteiger partial charge in [0.2, 0.25) is 10.0 Å². The van der Waals surface area contributed by atoms with Crippen LogP contribution < -0.4 is 4.31 Å². The first-order valence-corrected chi connectivity index (χ1v) is 11.4. The number of fused-ring (bicyclic) bond motifs is 1. The number of ketones is 1. The average molecular weight is 390 g/mol. The van der Waals surface area contributed by atoms with Gasteiger partial charge in [-0.3, -0.25) is 9.10 Å². The van der Waals surface area contributed by atoms with Gasteiger partial charge in [0.1, 0.15) is 0 Å². The van der Waals surface area contributed by atoms with Crippen molar-refractivity contribution in [3.63, 3.8) is 0 Å². The fourth-order valence-electron chi connectivity index (χ4n) is 3.17. The molecule has 0 unspecified atom stereocenters. The summed E-state index contributed by atoms with van der Waals surface area (Å²) in [4.78, 5) is 13.8. The van der Waals surface area contributed by atoms with Crippen molar-refractivity contribution in [1.82, 2.24) is 0 Å². The summed E-state index contributed by atoms with van der Waals surface area (Å²) in [5.74, 6) is 0.439. The molecule has 6 heteroatoms. The van der Waals surface area contributed by atoms with E-state index in [0.717, 1.165) is 23.3 Å². The molecule has 0 N–H and O–H groups in total. The molecule has 2 aromatic rings. The molecule has 0 amide bonds. The van der Waals surface area contributed by atoms with Gasteiger partial charge in [0, 0.05) is 17.0 Å². The largest absolute Gasteiger partial charge is 0.293 e. The van der Waals surface area contributed by atoms with Crippen LogP contribution in [-0.4, -0.2) is 32.8 Å². The summed E-state index contributed by atoms with van der Waals surface area (Å²) in [5, 5.41) is 0. The van der Waals surface area contributed by atoms with Gasteiger partial charge in [-0.05, 0) is 62.1 Å². The van der Waals surface area contributed by atoms with E-state index in [2.05, 4.69) is 18.2 Å². The van der Waals surface area contributed by atoms with Crippen LogP contribution in [0.5, 0.6) is 0 Å². The minimum absolute atomic E-state index is 0.0650. The summed E-state index contributed by atoms with van der Waals surface area (Å²) in [5.41, 5.74) is 4.64. The Morgan fingerprint density at radius 3 is 2.65 bits per heavy atom. The molecule has 26 heavy (non-hydrogen) atoms. The van der Waals surface area contributed by atoms with Gasteiger partial charge in [-0.1, -0.05) is 17.7 Å². The first-order chi connectivity index (χ1) is 12.3. The molecule has 4 nitrogen and oxygen atoms in total. The summed E-state index contributed by atoms with van der Waals surface area (Å²) in [6.07, 6.45) is 2.80. The Morgan fingerprint density at radius 1 is 1.15 bits per heavy atom. The number of benzene rings is 2. The topological polar surface area (TPSA) is 54.5 Å². The van der Waals surface area contributed by atoms with E-state index >= 15 is 0 Å². The highest BCUT2D eigenvalue weighted by Gasteiger charge is 2.24. The molecule has 0 fully saturated rings. The first-order valence-electron chi connectivity index (χ1n) is 8.59. The van der Waals surface area contributed by atoms with E-state index in [1.165, 1.54) is 21.7 Å². The first kappa shape index (κ1) is 19.0. The normalized spacial score (nSPS) is 14.2. The van der Waals surface area contributed by atoms with Gasteiger partial charge in [-0.2, -0.15) is 0 Å². The standard InChI is InChI=1S/C20H23NO3S2/c1-14-6-7-15(2)20(11-14)25-13-19(22)17-8-9-18-16(12-17)5-4-10-21(18)26(3,23)24/h6-9,11-12H,4-5,10,13H2,1-3H3. The number of hydrogen-bond donors (Lipinski definition) is 0. The van der Waals surface area contributed by atoms with Crippen molar-refractivity contribution in [2.45, 2.75) is 31.6 Å². The van der Waals surface area contributed by atoms with E-state index in [9.17, 15) is 13.2 Å².